The number of hydrogen-bond donors (Lipinski definition) is 0. The maximum Gasteiger partial charge on any atom is 2.00 e. The summed E-state index contributed by atoms with van der Waals surface area (Å²) in [6, 6.07) is 0. The molecule has 0 fully saturated rings. The summed E-state index contributed by atoms with van der Waals surface area (Å²) in [5.41, 5.74) is 0. The van der Waals surface area contributed by atoms with E-state index in [4.69, 9.17) is 0 Å². The molecule has 0 aliphatic rings. The summed E-state index contributed by atoms with van der Waals surface area (Å²) in [4.78, 5) is 28.5. The molecule has 0 saturated heterocycles. The van der Waals surface area contributed by atoms with Gasteiger partial charge in [0.15, 0.2) is 0 Å². The minimum atomic E-state index is -2.20. The minimum absolute atomic E-state index is 0. The maximum atomic E-state index is 9.78. The summed E-state index contributed by atoms with van der Waals surface area (Å²) < 4.78 is 6.17. The van der Waals surface area contributed by atoms with E-state index in [0.29, 0.717) is 0 Å². The van der Waals surface area contributed by atoms with Crippen LogP contribution in [-0.2, 0) is 26.5 Å². The van der Waals surface area contributed by atoms with Crippen molar-refractivity contribution in [3.8, 4) is 0 Å². The van der Waals surface area contributed by atoms with Crippen molar-refractivity contribution >= 4 is 41.5 Å². The molecule has 0 heterocycles. The second kappa shape index (κ2) is 8.59. The van der Waals surface area contributed by atoms with Crippen LogP contribution in [0.1, 0.15) is 0 Å². The van der Waals surface area contributed by atoms with Crippen molar-refractivity contribution in [3.05, 3.63) is 0 Å². The molecule has 0 unspecified atom stereocenters. The maximum absolute atomic E-state index is 9.78. The predicted molar refractivity (Wildman–Crippen MR) is 24.1 cm³/mol. The van der Waals surface area contributed by atoms with E-state index < -0.39 is 18.5 Å². The first-order chi connectivity index (χ1) is 4.52. The zero-order valence-electron chi connectivity index (χ0n) is 5.42. The molecule has 0 amide bonds. The molecule has 0 rings (SSSR count). The number of carbonyl (C=O) groups is 3. The van der Waals surface area contributed by atoms with Crippen molar-refractivity contribution < 1.29 is 51.1 Å². The van der Waals surface area contributed by atoms with E-state index in [9.17, 15) is 24.6 Å². The Labute approximate surface area is 92.6 Å². The van der Waals surface area contributed by atoms with E-state index in [-0.39, 0.29) is 40.1 Å². The number of carboxylic acid groups (broad SMARTS) is 2. The van der Waals surface area contributed by atoms with Gasteiger partial charge in [0.2, 0.25) is 0 Å². The van der Waals surface area contributed by atoms with Gasteiger partial charge in [0, 0.05) is 17.1 Å². The molecule has 0 aromatic rings. The molecule has 7 nitrogen and oxygen atoms in total. The van der Waals surface area contributed by atoms with E-state index in [1.165, 1.54) is 0 Å². The second-order valence-corrected chi connectivity index (χ2v) is 0.954. The van der Waals surface area contributed by atoms with Crippen LogP contribution in [0.3, 0.4) is 0 Å². The smallest absolute Gasteiger partial charge is 0.467 e. The molecule has 0 bridgehead atoms. The van der Waals surface area contributed by atoms with Crippen LogP contribution >= 0.6 is 0 Å². The zero-order chi connectivity index (χ0) is 8.15. The first-order valence-electron chi connectivity index (χ1n) is 1.84. The SMILES string of the molecule is O=C([O-])OC(=O)OC(=O)[O-].[Fe].[Mg+2]. The van der Waals surface area contributed by atoms with Crippen molar-refractivity contribution in [3.63, 3.8) is 0 Å². The average molecular weight is 228 g/mol. The predicted octanol–water partition coefficient (Wildman–Crippen LogP) is -2.56. The van der Waals surface area contributed by atoms with Crippen molar-refractivity contribution in [2.45, 2.75) is 0 Å². The van der Waals surface area contributed by atoms with Crippen LogP contribution in [-0.4, -0.2) is 41.5 Å². The Hall–Kier alpha value is -0.504. The summed E-state index contributed by atoms with van der Waals surface area (Å²) in [5, 5.41) is 18.7. The Balaban J connectivity index is -0.000000405. The number of hydrogen-bond acceptors (Lipinski definition) is 7. The van der Waals surface area contributed by atoms with Gasteiger partial charge < -0.3 is 29.3 Å². The molecule has 0 atom stereocenters. The Kier molecular flexibility index (Phi) is 12.6. The fraction of sp³-hybridized carbons (Fsp3) is 0. The van der Waals surface area contributed by atoms with Gasteiger partial charge in [-0.05, 0) is 0 Å². The van der Waals surface area contributed by atoms with E-state index >= 15 is 0 Å². The Morgan fingerprint density at radius 1 is 0.917 bits per heavy atom. The van der Waals surface area contributed by atoms with Crippen LogP contribution in [0.5, 0.6) is 0 Å². The van der Waals surface area contributed by atoms with Gasteiger partial charge in [-0.25, -0.2) is 4.79 Å². The van der Waals surface area contributed by atoms with E-state index in [1.54, 1.807) is 0 Å². The third kappa shape index (κ3) is 12.2. The minimum Gasteiger partial charge on any atom is -0.467 e. The molecule has 0 aliphatic heterocycles. The normalized spacial score (nSPS) is 6.67. The molecular weight excluding hydrogens is 228 g/mol. The second-order valence-electron chi connectivity index (χ2n) is 0.954. The average Bonchev–Trinajstić information content (AvgIpc) is 1.58. The standard InChI is InChI=1S/C3H2O7.Fe.Mg/c4-1(5)9-3(8)10-2(6)7;;/h(H,4,5)(H,6,7);;/q;;+2/p-2. The summed E-state index contributed by atoms with van der Waals surface area (Å²) >= 11 is 0. The van der Waals surface area contributed by atoms with Gasteiger partial charge in [0.1, 0.15) is 0 Å². The molecule has 64 valence electrons. The molecule has 0 spiro atoms. The summed E-state index contributed by atoms with van der Waals surface area (Å²) in [7, 11) is 0. The molecule has 0 radical (unpaired) electrons. The Bertz CT molecular complexity index is 161. The Morgan fingerprint density at radius 3 is 1.33 bits per heavy atom. The molecule has 9 heteroatoms. The molecule has 0 aromatic heterocycles. The number of rotatable bonds is 0. The Morgan fingerprint density at radius 2 is 1.17 bits per heavy atom. The van der Waals surface area contributed by atoms with Gasteiger partial charge >= 0.3 is 29.2 Å². The van der Waals surface area contributed by atoms with Gasteiger partial charge in [0.05, 0.1) is 0 Å². The van der Waals surface area contributed by atoms with Gasteiger partial charge in [-0.3, -0.25) is 0 Å². The largest absolute Gasteiger partial charge is 2.00 e. The van der Waals surface area contributed by atoms with Gasteiger partial charge in [-0.15, -0.1) is 0 Å². The third-order valence-electron chi connectivity index (χ3n) is 0.333. The number of ether oxygens (including phenoxy) is 2. The monoisotopic (exact) mass is 228 g/mol. The van der Waals surface area contributed by atoms with Crippen molar-refractivity contribution in [2.24, 2.45) is 0 Å². The number of carbonyl (C=O) groups excluding carboxylic acids is 3. The molecule has 0 saturated carbocycles. The van der Waals surface area contributed by atoms with Crippen LogP contribution in [0.15, 0.2) is 0 Å². The van der Waals surface area contributed by atoms with Gasteiger partial charge in [0.25, 0.3) is 12.3 Å². The van der Waals surface area contributed by atoms with Crippen LogP contribution in [0, 0.1) is 0 Å². The van der Waals surface area contributed by atoms with Crippen LogP contribution < -0.4 is 10.2 Å². The van der Waals surface area contributed by atoms with E-state index in [0.717, 1.165) is 0 Å². The first-order valence-corrected chi connectivity index (χ1v) is 1.84. The van der Waals surface area contributed by atoms with Gasteiger partial charge in [-0.1, -0.05) is 0 Å². The fourth-order valence-corrected chi connectivity index (χ4v) is 0.157. The van der Waals surface area contributed by atoms with E-state index in [2.05, 4.69) is 9.47 Å². The molecule has 0 N–H and O–H groups in total. The zero-order valence-corrected chi connectivity index (χ0v) is 7.94. The molecule has 0 aromatic carbocycles. The summed E-state index contributed by atoms with van der Waals surface area (Å²) in [6.07, 6.45) is -6.32. The van der Waals surface area contributed by atoms with Crippen LogP contribution in [0.2, 0.25) is 0 Å². The van der Waals surface area contributed by atoms with Crippen molar-refractivity contribution in [1.82, 2.24) is 0 Å². The van der Waals surface area contributed by atoms with Crippen LogP contribution in [0.25, 0.3) is 0 Å². The molecule has 12 heavy (non-hydrogen) atoms. The van der Waals surface area contributed by atoms with E-state index in [1.807, 2.05) is 0 Å². The summed E-state index contributed by atoms with van der Waals surface area (Å²) in [6.45, 7) is 0. The fourth-order valence-electron chi connectivity index (χ4n) is 0.157. The molecule has 0 aliphatic carbocycles. The van der Waals surface area contributed by atoms with Crippen LogP contribution in [0.4, 0.5) is 14.4 Å². The quantitative estimate of drug-likeness (QED) is 0.254. The van der Waals surface area contributed by atoms with Crippen molar-refractivity contribution in [2.75, 3.05) is 0 Å². The topological polar surface area (TPSA) is 116 Å². The van der Waals surface area contributed by atoms with Crippen molar-refractivity contribution in [1.29, 1.82) is 0 Å². The van der Waals surface area contributed by atoms with Gasteiger partial charge in [-0.2, -0.15) is 0 Å². The summed E-state index contributed by atoms with van der Waals surface area (Å²) in [5.74, 6) is 0. The molecular formula is C3FeMgO7. The first kappa shape index (κ1) is 17.5. The third-order valence-corrected chi connectivity index (χ3v) is 0.333.